The minimum absolute atomic E-state index is 0.0204. The molecule has 2 aromatic carbocycles. The number of halogens is 1. The van der Waals surface area contributed by atoms with Gasteiger partial charge in [-0.1, -0.05) is 18.2 Å². The number of amides is 2. The zero-order valence-corrected chi connectivity index (χ0v) is 17.9. The Kier molecular flexibility index (Phi) is 6.73. The normalized spacial score (nSPS) is 14.6. The molecule has 8 nitrogen and oxygen atoms in total. The Labute approximate surface area is 181 Å². The SMILES string of the molecule is CCOC(=O)COc1c(Br)cc(/C=C2/C(=O)NN(c3ccccc3)C2=O)cc1OC. The molecule has 156 valence electrons. The minimum atomic E-state index is -0.512. The van der Waals surface area contributed by atoms with Gasteiger partial charge in [0.05, 0.1) is 23.9 Å². The molecule has 9 heteroatoms. The van der Waals surface area contributed by atoms with E-state index < -0.39 is 17.8 Å². The lowest BCUT2D eigenvalue weighted by Gasteiger charge is -2.14. The van der Waals surface area contributed by atoms with Crippen molar-refractivity contribution in [2.24, 2.45) is 0 Å². The first-order valence-electron chi connectivity index (χ1n) is 9.02. The van der Waals surface area contributed by atoms with E-state index >= 15 is 0 Å². The summed E-state index contributed by atoms with van der Waals surface area (Å²) < 4.78 is 16.2. The zero-order chi connectivity index (χ0) is 21.7. The molecule has 3 rings (SSSR count). The number of benzene rings is 2. The van der Waals surface area contributed by atoms with Crippen LogP contribution in [0.1, 0.15) is 12.5 Å². The average molecular weight is 475 g/mol. The van der Waals surface area contributed by atoms with Gasteiger partial charge in [0, 0.05) is 0 Å². The van der Waals surface area contributed by atoms with Crippen molar-refractivity contribution in [3.8, 4) is 11.5 Å². The molecule has 2 aromatic rings. The molecule has 1 aliphatic rings. The van der Waals surface area contributed by atoms with Crippen LogP contribution in [0.25, 0.3) is 6.08 Å². The quantitative estimate of drug-likeness (QED) is 0.376. The number of methoxy groups -OCH3 is 1. The fourth-order valence-corrected chi connectivity index (χ4v) is 3.35. The Bertz CT molecular complexity index is 1010. The van der Waals surface area contributed by atoms with Crippen LogP contribution in [0.5, 0.6) is 11.5 Å². The number of anilines is 1. The Balaban J connectivity index is 1.86. The van der Waals surface area contributed by atoms with E-state index in [0.717, 1.165) is 0 Å². The molecule has 1 heterocycles. The summed E-state index contributed by atoms with van der Waals surface area (Å²) in [5.41, 5.74) is 3.62. The lowest BCUT2D eigenvalue weighted by molar-refractivity contribution is -0.145. The first-order valence-corrected chi connectivity index (χ1v) is 9.82. The van der Waals surface area contributed by atoms with Crippen LogP contribution in [0.15, 0.2) is 52.5 Å². The van der Waals surface area contributed by atoms with Crippen LogP contribution < -0.4 is 19.9 Å². The van der Waals surface area contributed by atoms with Gasteiger partial charge in [0.1, 0.15) is 5.57 Å². The summed E-state index contributed by atoms with van der Waals surface area (Å²) in [6.07, 6.45) is 1.46. The highest BCUT2D eigenvalue weighted by atomic mass is 79.9. The molecule has 0 atom stereocenters. The Morgan fingerprint density at radius 1 is 1.20 bits per heavy atom. The van der Waals surface area contributed by atoms with Crippen molar-refractivity contribution < 1.29 is 28.6 Å². The van der Waals surface area contributed by atoms with E-state index in [-0.39, 0.29) is 18.8 Å². The van der Waals surface area contributed by atoms with Gasteiger partial charge < -0.3 is 14.2 Å². The summed E-state index contributed by atoms with van der Waals surface area (Å²) >= 11 is 3.37. The number of para-hydroxylation sites is 1. The van der Waals surface area contributed by atoms with E-state index in [1.165, 1.54) is 18.2 Å². The maximum absolute atomic E-state index is 12.7. The summed E-state index contributed by atoms with van der Waals surface area (Å²) in [6.45, 7) is 1.68. The molecule has 0 unspecified atom stereocenters. The molecule has 0 aliphatic carbocycles. The summed E-state index contributed by atoms with van der Waals surface area (Å²) in [6, 6.07) is 12.1. The van der Waals surface area contributed by atoms with Crippen molar-refractivity contribution in [2.45, 2.75) is 6.92 Å². The van der Waals surface area contributed by atoms with E-state index in [9.17, 15) is 14.4 Å². The standard InChI is InChI=1S/C21H19BrN2O6/c1-3-29-18(25)12-30-19-16(22)10-13(11-17(19)28-2)9-15-20(26)23-24(21(15)27)14-7-5-4-6-8-14/h4-11H,3,12H2,1-2H3,(H,23,26)/b15-9-. The fourth-order valence-electron chi connectivity index (χ4n) is 2.78. The number of ether oxygens (including phenoxy) is 3. The van der Waals surface area contributed by atoms with E-state index in [1.807, 2.05) is 6.07 Å². The second kappa shape index (κ2) is 9.45. The van der Waals surface area contributed by atoms with Gasteiger partial charge in [-0.15, -0.1) is 0 Å². The van der Waals surface area contributed by atoms with Gasteiger partial charge >= 0.3 is 5.97 Å². The molecule has 0 aromatic heterocycles. The topological polar surface area (TPSA) is 94.2 Å². The Hall–Kier alpha value is -3.33. The summed E-state index contributed by atoms with van der Waals surface area (Å²) in [7, 11) is 1.44. The lowest BCUT2D eigenvalue weighted by Crippen LogP contribution is -2.35. The van der Waals surface area contributed by atoms with Crippen LogP contribution in [0.4, 0.5) is 5.69 Å². The molecule has 0 spiro atoms. The smallest absolute Gasteiger partial charge is 0.344 e. The first-order chi connectivity index (χ1) is 14.4. The highest BCUT2D eigenvalue weighted by molar-refractivity contribution is 9.10. The first kappa shape index (κ1) is 21.4. The molecule has 30 heavy (non-hydrogen) atoms. The minimum Gasteiger partial charge on any atom is -0.493 e. The van der Waals surface area contributed by atoms with E-state index in [2.05, 4.69) is 21.4 Å². The molecule has 1 fully saturated rings. The van der Waals surface area contributed by atoms with Gasteiger partial charge in [-0.2, -0.15) is 0 Å². The third-order valence-corrected chi connectivity index (χ3v) is 4.70. The van der Waals surface area contributed by atoms with Gasteiger partial charge in [-0.3, -0.25) is 15.0 Å². The second-order valence-corrected chi connectivity index (χ2v) is 6.96. The van der Waals surface area contributed by atoms with Gasteiger partial charge in [-0.25, -0.2) is 9.80 Å². The van der Waals surface area contributed by atoms with E-state index in [0.29, 0.717) is 27.2 Å². The molecule has 0 bridgehead atoms. The molecule has 1 N–H and O–H groups in total. The van der Waals surface area contributed by atoms with Crippen LogP contribution in [0, 0.1) is 0 Å². The molecule has 0 radical (unpaired) electrons. The second-order valence-electron chi connectivity index (χ2n) is 6.10. The molecule has 0 saturated carbocycles. The number of hydrazine groups is 1. The number of rotatable bonds is 7. The molecular formula is C21H19BrN2O6. The zero-order valence-electron chi connectivity index (χ0n) is 16.3. The number of hydrogen-bond acceptors (Lipinski definition) is 6. The summed E-state index contributed by atoms with van der Waals surface area (Å²) in [5, 5.41) is 1.19. The number of carbonyl (C=O) groups excluding carboxylic acids is 3. The highest BCUT2D eigenvalue weighted by Crippen LogP contribution is 2.37. The summed E-state index contributed by atoms with van der Waals surface area (Å²) in [5.74, 6) is -0.857. The molecule has 1 saturated heterocycles. The van der Waals surface area contributed by atoms with Crippen molar-refractivity contribution in [2.75, 3.05) is 25.3 Å². The molecule has 1 aliphatic heterocycles. The van der Waals surface area contributed by atoms with Crippen LogP contribution in [0.2, 0.25) is 0 Å². The number of esters is 1. The van der Waals surface area contributed by atoms with Crippen molar-refractivity contribution in [3.05, 3.63) is 58.1 Å². The molecule has 2 amide bonds. The average Bonchev–Trinajstić information content (AvgIpc) is 3.01. The number of nitrogens with zero attached hydrogens (tertiary/aromatic N) is 1. The van der Waals surface area contributed by atoms with E-state index in [4.69, 9.17) is 14.2 Å². The van der Waals surface area contributed by atoms with Gasteiger partial charge in [-0.05, 0) is 58.8 Å². The van der Waals surface area contributed by atoms with Crippen LogP contribution in [-0.4, -0.2) is 38.1 Å². The predicted octanol–water partition coefficient (Wildman–Crippen LogP) is 2.86. The molecular weight excluding hydrogens is 456 g/mol. The Morgan fingerprint density at radius 3 is 2.60 bits per heavy atom. The predicted molar refractivity (Wildman–Crippen MR) is 113 cm³/mol. The number of carbonyl (C=O) groups is 3. The summed E-state index contributed by atoms with van der Waals surface area (Å²) in [4.78, 5) is 36.6. The number of hydrogen-bond donors (Lipinski definition) is 1. The third kappa shape index (κ3) is 4.62. The van der Waals surface area contributed by atoms with Gasteiger partial charge in [0.2, 0.25) is 0 Å². The van der Waals surface area contributed by atoms with Gasteiger partial charge in [0.25, 0.3) is 11.8 Å². The third-order valence-electron chi connectivity index (χ3n) is 4.11. The Morgan fingerprint density at radius 2 is 1.93 bits per heavy atom. The van der Waals surface area contributed by atoms with Crippen molar-refractivity contribution in [1.29, 1.82) is 0 Å². The van der Waals surface area contributed by atoms with Crippen LogP contribution in [-0.2, 0) is 19.1 Å². The van der Waals surface area contributed by atoms with Crippen molar-refractivity contribution in [1.82, 2.24) is 5.43 Å². The fraction of sp³-hybridized carbons (Fsp3) is 0.190. The highest BCUT2D eigenvalue weighted by Gasteiger charge is 2.34. The van der Waals surface area contributed by atoms with Crippen LogP contribution >= 0.6 is 15.9 Å². The van der Waals surface area contributed by atoms with Crippen LogP contribution in [0.3, 0.4) is 0 Å². The largest absolute Gasteiger partial charge is 0.493 e. The van der Waals surface area contributed by atoms with Gasteiger partial charge in [0.15, 0.2) is 18.1 Å². The maximum atomic E-state index is 12.7. The number of nitrogens with one attached hydrogen (secondary N) is 1. The van der Waals surface area contributed by atoms with Crippen molar-refractivity contribution >= 4 is 45.5 Å². The lowest BCUT2D eigenvalue weighted by atomic mass is 10.1. The van der Waals surface area contributed by atoms with Crippen molar-refractivity contribution in [3.63, 3.8) is 0 Å². The monoisotopic (exact) mass is 474 g/mol. The van der Waals surface area contributed by atoms with E-state index in [1.54, 1.807) is 43.3 Å². The maximum Gasteiger partial charge on any atom is 0.344 e.